The lowest BCUT2D eigenvalue weighted by molar-refractivity contribution is 0.101. The molecule has 0 aliphatic carbocycles. The van der Waals surface area contributed by atoms with E-state index in [-0.39, 0.29) is 25.0 Å². The first-order valence-electron chi connectivity index (χ1n) is 14.9. The molecule has 1 aliphatic rings. The lowest BCUT2D eigenvalue weighted by atomic mass is 10.1. The number of carbonyl (C=O) groups is 2. The molecule has 8 heteroatoms. The van der Waals surface area contributed by atoms with E-state index < -0.39 is 0 Å². The van der Waals surface area contributed by atoms with E-state index in [1.807, 2.05) is 72.8 Å². The van der Waals surface area contributed by atoms with Crippen LogP contribution in [0.15, 0.2) is 133 Å². The summed E-state index contributed by atoms with van der Waals surface area (Å²) in [6.07, 6.45) is 3.78. The monoisotopic (exact) mass is 612 g/mol. The second kappa shape index (κ2) is 14.6. The Kier molecular flexibility index (Phi) is 9.55. The summed E-state index contributed by atoms with van der Waals surface area (Å²) in [6.45, 7) is 1.06. The summed E-state index contributed by atoms with van der Waals surface area (Å²) in [5.74, 6) is 1.41. The van der Waals surface area contributed by atoms with Gasteiger partial charge in [-0.3, -0.25) is 9.59 Å². The minimum Gasteiger partial charge on any atom is -0.489 e. The number of nitrogens with one attached hydrogen (secondary N) is 2. The fourth-order valence-electron chi connectivity index (χ4n) is 4.89. The molecule has 8 nitrogen and oxygen atoms in total. The van der Waals surface area contributed by atoms with Gasteiger partial charge >= 0.3 is 0 Å². The zero-order valence-corrected chi connectivity index (χ0v) is 25.0. The van der Waals surface area contributed by atoms with Crippen molar-refractivity contribution in [2.45, 2.75) is 13.2 Å². The molecule has 1 heterocycles. The number of rotatable bonds is 0. The Labute approximate surface area is 267 Å². The van der Waals surface area contributed by atoms with Crippen LogP contribution in [0.2, 0.25) is 0 Å². The van der Waals surface area contributed by atoms with E-state index in [2.05, 4.69) is 10.6 Å². The van der Waals surface area contributed by atoms with Gasteiger partial charge in [-0.15, -0.1) is 0 Å². The molecule has 5 aromatic rings. The van der Waals surface area contributed by atoms with E-state index in [0.717, 1.165) is 11.1 Å². The molecule has 5 aromatic carbocycles. The molecule has 0 saturated heterocycles. The van der Waals surface area contributed by atoms with E-state index in [9.17, 15) is 9.59 Å². The number of para-hydroxylation sites is 6. The van der Waals surface area contributed by atoms with Crippen LogP contribution in [-0.2, 0) is 13.2 Å². The van der Waals surface area contributed by atoms with Crippen molar-refractivity contribution in [2.24, 2.45) is 0 Å². The first-order chi connectivity index (χ1) is 22.7. The van der Waals surface area contributed by atoms with E-state index in [0.29, 0.717) is 58.7 Å². The highest BCUT2D eigenvalue weighted by atomic mass is 16.5. The summed E-state index contributed by atoms with van der Waals surface area (Å²) in [6, 6.07) is 36.3. The van der Waals surface area contributed by atoms with E-state index in [1.165, 1.54) is 0 Å². The Bertz CT molecular complexity index is 1730. The summed E-state index contributed by atoms with van der Waals surface area (Å²) >= 11 is 0. The van der Waals surface area contributed by atoms with Crippen molar-refractivity contribution in [2.75, 3.05) is 23.8 Å². The molecule has 0 bridgehead atoms. The van der Waals surface area contributed by atoms with Gasteiger partial charge in [0.05, 0.1) is 22.5 Å². The number of hydrogen-bond donors (Lipinski definition) is 2. The van der Waals surface area contributed by atoms with Crippen molar-refractivity contribution in [1.82, 2.24) is 0 Å². The SMILES string of the molecule is O=C1Nc2ccccc2NC(=O)c2ccccc2OCc2ccccc2OC/C=C/COc2ccccc2COc2ccccc21. The van der Waals surface area contributed by atoms with Gasteiger partial charge in [-0.05, 0) is 60.7 Å². The predicted molar refractivity (Wildman–Crippen MR) is 177 cm³/mol. The van der Waals surface area contributed by atoms with Gasteiger partial charge < -0.3 is 29.6 Å². The summed E-state index contributed by atoms with van der Waals surface area (Å²) in [5, 5.41) is 5.86. The topological polar surface area (TPSA) is 95.1 Å². The molecule has 0 unspecified atom stereocenters. The lowest BCUT2D eigenvalue weighted by Gasteiger charge is -2.17. The molecule has 0 aromatic heterocycles. The first kappa shape index (κ1) is 30.0. The fourth-order valence-corrected chi connectivity index (χ4v) is 4.89. The van der Waals surface area contributed by atoms with Crippen LogP contribution in [0.5, 0.6) is 23.0 Å². The van der Waals surface area contributed by atoms with Crippen LogP contribution in [0.4, 0.5) is 11.4 Å². The van der Waals surface area contributed by atoms with Crippen molar-refractivity contribution in [1.29, 1.82) is 0 Å². The number of benzene rings is 5. The van der Waals surface area contributed by atoms with Crippen molar-refractivity contribution >= 4 is 23.2 Å². The largest absolute Gasteiger partial charge is 0.489 e. The highest BCUT2D eigenvalue weighted by molar-refractivity contribution is 6.11. The summed E-state index contributed by atoms with van der Waals surface area (Å²) < 4.78 is 24.3. The number of anilines is 2. The van der Waals surface area contributed by atoms with Crippen LogP contribution in [0.3, 0.4) is 0 Å². The normalized spacial score (nSPS) is 14.6. The van der Waals surface area contributed by atoms with Crippen LogP contribution in [0.25, 0.3) is 0 Å². The average molecular weight is 613 g/mol. The molecule has 0 saturated carbocycles. The minimum atomic E-state index is -0.383. The molecule has 2 N–H and O–H groups in total. The van der Waals surface area contributed by atoms with Crippen molar-refractivity contribution < 1.29 is 28.5 Å². The second-order valence-corrected chi connectivity index (χ2v) is 10.3. The molecule has 46 heavy (non-hydrogen) atoms. The molecule has 6 rings (SSSR count). The zero-order valence-electron chi connectivity index (χ0n) is 25.0. The van der Waals surface area contributed by atoms with E-state index in [1.54, 1.807) is 60.7 Å². The summed E-state index contributed by atoms with van der Waals surface area (Å²) in [7, 11) is 0. The smallest absolute Gasteiger partial charge is 0.259 e. The standard InChI is InChI=1S/C38H32N2O6/c41-37-29-15-3-9-21-35(29)45-25-27-13-1-7-19-33(27)43-23-11-12-24-44-34-20-8-2-14-28(34)26-46-36-22-10-4-16-30(36)38(42)40-32-18-6-5-17-31(32)39-37/h1-22H,23-26H2,(H,39,41)(H,40,42)/b12-11+. The van der Waals surface area contributed by atoms with Crippen LogP contribution < -0.4 is 29.6 Å². The van der Waals surface area contributed by atoms with Crippen molar-refractivity contribution in [3.05, 3.63) is 156 Å². The molecule has 0 spiro atoms. The molecule has 0 fully saturated rings. The van der Waals surface area contributed by atoms with Crippen LogP contribution in [-0.4, -0.2) is 25.0 Å². The third-order valence-electron chi connectivity index (χ3n) is 7.24. The Balaban J connectivity index is 1.31. The maximum Gasteiger partial charge on any atom is 0.259 e. The number of carbonyl (C=O) groups excluding carboxylic acids is 2. The average Bonchev–Trinajstić information content (AvgIpc) is 3.09. The summed E-state index contributed by atoms with van der Waals surface area (Å²) in [5.41, 5.74) is 3.22. The number of ether oxygens (including phenoxy) is 4. The Morgan fingerprint density at radius 2 is 0.783 bits per heavy atom. The number of fused-ring (bicyclic) bond motifs is 5. The van der Waals surface area contributed by atoms with Crippen molar-refractivity contribution in [3.63, 3.8) is 0 Å². The predicted octanol–water partition coefficient (Wildman–Crippen LogP) is 7.68. The number of amides is 2. The van der Waals surface area contributed by atoms with Gasteiger partial charge in [-0.2, -0.15) is 0 Å². The molecule has 0 radical (unpaired) electrons. The maximum atomic E-state index is 13.5. The third-order valence-corrected chi connectivity index (χ3v) is 7.24. The zero-order chi connectivity index (χ0) is 31.6. The molecular weight excluding hydrogens is 580 g/mol. The van der Waals surface area contributed by atoms with Crippen LogP contribution >= 0.6 is 0 Å². The van der Waals surface area contributed by atoms with E-state index >= 15 is 0 Å². The van der Waals surface area contributed by atoms with E-state index in [4.69, 9.17) is 18.9 Å². The van der Waals surface area contributed by atoms with Gasteiger partial charge in [0.2, 0.25) is 0 Å². The second-order valence-electron chi connectivity index (χ2n) is 10.3. The Morgan fingerprint density at radius 1 is 0.413 bits per heavy atom. The Hall–Kier alpha value is -6.02. The van der Waals surface area contributed by atoms with Crippen LogP contribution in [0.1, 0.15) is 31.8 Å². The van der Waals surface area contributed by atoms with Gasteiger partial charge in [0.25, 0.3) is 11.8 Å². The molecular formula is C38H32N2O6. The van der Waals surface area contributed by atoms with Gasteiger partial charge in [0.15, 0.2) is 0 Å². The maximum absolute atomic E-state index is 13.5. The number of hydrogen-bond acceptors (Lipinski definition) is 6. The molecule has 230 valence electrons. The van der Waals surface area contributed by atoms with Gasteiger partial charge in [-0.25, -0.2) is 0 Å². The molecule has 0 atom stereocenters. The Morgan fingerprint density at radius 3 is 1.24 bits per heavy atom. The summed E-state index contributed by atoms with van der Waals surface area (Å²) in [4.78, 5) is 27.1. The fraction of sp³-hybridized carbons (Fsp3) is 0.105. The highest BCUT2D eigenvalue weighted by Gasteiger charge is 2.18. The minimum absolute atomic E-state index is 0.193. The molecule has 1 aliphatic heterocycles. The highest BCUT2D eigenvalue weighted by Crippen LogP contribution is 2.29. The van der Waals surface area contributed by atoms with Crippen LogP contribution in [0, 0.1) is 0 Å². The van der Waals surface area contributed by atoms with Crippen molar-refractivity contribution in [3.8, 4) is 23.0 Å². The van der Waals surface area contributed by atoms with Gasteiger partial charge in [-0.1, -0.05) is 72.8 Å². The van der Waals surface area contributed by atoms with Gasteiger partial charge in [0, 0.05) is 11.1 Å². The lowest BCUT2D eigenvalue weighted by Crippen LogP contribution is -2.18. The van der Waals surface area contributed by atoms with Gasteiger partial charge in [0.1, 0.15) is 49.4 Å². The quantitative estimate of drug-likeness (QED) is 0.174. The molecule has 2 amide bonds. The third kappa shape index (κ3) is 7.36. The first-order valence-corrected chi connectivity index (χ1v) is 14.9.